The number of epoxide rings is 1. The van der Waals surface area contributed by atoms with Crippen molar-refractivity contribution in [3.63, 3.8) is 0 Å². The van der Waals surface area contributed by atoms with E-state index in [9.17, 15) is 9.90 Å². The van der Waals surface area contributed by atoms with E-state index in [1.54, 1.807) is 0 Å². The molecule has 5 aliphatic carbocycles. The number of ether oxygens (including phenoxy) is 2. The monoisotopic (exact) mass is 486 g/mol. The first-order valence-electron chi connectivity index (χ1n) is 14.7. The summed E-state index contributed by atoms with van der Waals surface area (Å²) in [6, 6.07) is 0. The second-order valence-electron chi connectivity index (χ2n) is 15.3. The number of rotatable bonds is 2. The molecule has 0 aromatic rings. The SMILES string of the molecule is COC(=O)[C@]1(C)[C@@H]2CC[C@]3(C)[C@H](CC[C@@H]4[C@@]5(C)CC[C@@]6(C(C)C)O[C@]65CC[C@]43C)[C@@]2(C)CC[C@@H]1O. The maximum atomic E-state index is 13.1. The molecule has 35 heavy (non-hydrogen) atoms. The summed E-state index contributed by atoms with van der Waals surface area (Å²) in [5.74, 6) is 1.86. The number of carbonyl (C=O) groups is 1. The summed E-state index contributed by atoms with van der Waals surface area (Å²) >= 11 is 0. The third-order valence-corrected chi connectivity index (χ3v) is 14.8. The van der Waals surface area contributed by atoms with Crippen LogP contribution in [-0.2, 0) is 14.3 Å². The lowest BCUT2D eigenvalue weighted by Crippen LogP contribution is -2.69. The van der Waals surface area contributed by atoms with Gasteiger partial charge in [-0.1, -0.05) is 41.5 Å². The van der Waals surface area contributed by atoms with Gasteiger partial charge in [0.05, 0.1) is 18.6 Å². The van der Waals surface area contributed by atoms with Crippen molar-refractivity contribution >= 4 is 5.97 Å². The summed E-state index contributed by atoms with van der Waals surface area (Å²) in [5, 5.41) is 11.1. The minimum absolute atomic E-state index is 0.0621. The Morgan fingerprint density at radius 1 is 0.800 bits per heavy atom. The highest BCUT2D eigenvalue weighted by Gasteiger charge is 2.86. The van der Waals surface area contributed by atoms with E-state index >= 15 is 0 Å². The van der Waals surface area contributed by atoms with Crippen LogP contribution in [0.5, 0.6) is 0 Å². The molecule has 5 saturated carbocycles. The molecule has 6 fully saturated rings. The fourth-order valence-electron chi connectivity index (χ4n) is 12.7. The van der Waals surface area contributed by atoms with Crippen molar-refractivity contribution in [1.82, 2.24) is 0 Å². The Labute approximate surface area is 213 Å². The van der Waals surface area contributed by atoms with Gasteiger partial charge >= 0.3 is 5.97 Å². The molecular formula is C31H50O4. The largest absolute Gasteiger partial charge is 0.469 e. The van der Waals surface area contributed by atoms with Crippen LogP contribution < -0.4 is 0 Å². The van der Waals surface area contributed by atoms with Gasteiger partial charge in [0.25, 0.3) is 0 Å². The van der Waals surface area contributed by atoms with Gasteiger partial charge in [0.2, 0.25) is 0 Å². The van der Waals surface area contributed by atoms with Gasteiger partial charge in [0.1, 0.15) is 11.2 Å². The fraction of sp³-hybridized carbons (Fsp3) is 0.968. The minimum atomic E-state index is -0.798. The van der Waals surface area contributed by atoms with E-state index in [0.717, 1.165) is 19.3 Å². The Balaban J connectivity index is 1.39. The number of esters is 1. The molecule has 1 aliphatic heterocycles. The van der Waals surface area contributed by atoms with Crippen LogP contribution in [0.25, 0.3) is 0 Å². The molecule has 1 saturated heterocycles. The summed E-state index contributed by atoms with van der Waals surface area (Å²) < 4.78 is 12.2. The molecule has 6 rings (SSSR count). The zero-order valence-electron chi connectivity index (χ0n) is 23.6. The van der Waals surface area contributed by atoms with E-state index < -0.39 is 11.5 Å². The summed E-state index contributed by atoms with van der Waals surface area (Å²) in [7, 11) is 1.49. The molecular weight excluding hydrogens is 436 g/mol. The van der Waals surface area contributed by atoms with E-state index in [0.29, 0.717) is 29.6 Å². The highest BCUT2D eigenvalue weighted by atomic mass is 16.6. The molecule has 1 N–H and O–H groups in total. The Hall–Kier alpha value is -0.610. The zero-order valence-corrected chi connectivity index (χ0v) is 23.6. The van der Waals surface area contributed by atoms with Gasteiger partial charge in [-0.15, -0.1) is 0 Å². The topological polar surface area (TPSA) is 59.1 Å². The summed E-state index contributed by atoms with van der Waals surface area (Å²) in [6.07, 6.45) is 10.9. The number of carbonyl (C=O) groups excluding carboxylic acids is 1. The molecule has 0 aromatic carbocycles. The fourth-order valence-corrected chi connectivity index (χ4v) is 12.7. The average Bonchev–Trinajstić information content (AvgIpc) is 3.42. The number of fused-ring (bicyclic) bond motifs is 6. The number of aliphatic hydroxyl groups excluding tert-OH is 1. The van der Waals surface area contributed by atoms with Crippen molar-refractivity contribution in [2.75, 3.05) is 7.11 Å². The predicted octanol–water partition coefficient (Wildman–Crippen LogP) is 6.53. The Morgan fingerprint density at radius 2 is 1.43 bits per heavy atom. The Morgan fingerprint density at radius 3 is 2.06 bits per heavy atom. The lowest BCUT2D eigenvalue weighted by Gasteiger charge is -2.73. The number of aliphatic hydroxyl groups is 1. The van der Waals surface area contributed by atoms with Crippen LogP contribution in [0.4, 0.5) is 0 Å². The molecule has 198 valence electrons. The maximum Gasteiger partial charge on any atom is 0.314 e. The molecule has 0 aromatic heterocycles. The molecule has 11 atom stereocenters. The molecule has 0 amide bonds. The first-order chi connectivity index (χ1) is 16.2. The maximum absolute atomic E-state index is 13.1. The quantitative estimate of drug-likeness (QED) is 0.356. The molecule has 0 bridgehead atoms. The van der Waals surface area contributed by atoms with Gasteiger partial charge in [-0.2, -0.15) is 0 Å². The zero-order chi connectivity index (χ0) is 25.4. The van der Waals surface area contributed by atoms with E-state index in [-0.39, 0.29) is 39.3 Å². The summed E-state index contributed by atoms with van der Waals surface area (Å²) in [6.45, 7) is 17.1. The highest BCUT2D eigenvalue weighted by Crippen LogP contribution is 2.84. The van der Waals surface area contributed by atoms with Crippen molar-refractivity contribution in [2.45, 2.75) is 130 Å². The minimum Gasteiger partial charge on any atom is -0.469 e. The summed E-state index contributed by atoms with van der Waals surface area (Å²) in [4.78, 5) is 13.1. The highest BCUT2D eigenvalue weighted by molar-refractivity contribution is 5.78. The first-order valence-corrected chi connectivity index (χ1v) is 14.7. The van der Waals surface area contributed by atoms with Crippen molar-refractivity contribution in [1.29, 1.82) is 0 Å². The van der Waals surface area contributed by atoms with Crippen LogP contribution >= 0.6 is 0 Å². The van der Waals surface area contributed by atoms with Crippen LogP contribution in [-0.4, -0.2) is 35.5 Å². The van der Waals surface area contributed by atoms with Crippen LogP contribution in [0.15, 0.2) is 0 Å². The predicted molar refractivity (Wildman–Crippen MR) is 137 cm³/mol. The molecule has 6 aliphatic rings. The summed E-state index contributed by atoms with van der Waals surface area (Å²) in [5.41, 5.74) is 0.330. The molecule has 1 spiro atoms. The third-order valence-electron chi connectivity index (χ3n) is 14.8. The van der Waals surface area contributed by atoms with Crippen molar-refractivity contribution in [3.8, 4) is 0 Å². The lowest BCUT2D eigenvalue weighted by atomic mass is 9.31. The molecule has 0 radical (unpaired) electrons. The standard InChI is InChI=1S/C31H50O4/c1-19(2)30-17-15-28(6)22-10-9-20-25(3)13-12-23(32)29(7,24(33)34-8)21(25)11-14-26(20,4)27(22,5)16-18-31(28,30)35-30/h19-23,32H,9-18H2,1-8H3/t20-,21-,22+,23+,25-,26-,27-,28-,29-,30+,31+/m1/s1. The van der Waals surface area contributed by atoms with Crippen LogP contribution in [0, 0.1) is 50.7 Å². The third kappa shape index (κ3) is 2.39. The molecule has 1 heterocycles. The van der Waals surface area contributed by atoms with Gasteiger partial charge in [-0.25, -0.2) is 0 Å². The smallest absolute Gasteiger partial charge is 0.314 e. The molecule has 4 heteroatoms. The van der Waals surface area contributed by atoms with Crippen molar-refractivity contribution in [2.24, 2.45) is 50.7 Å². The van der Waals surface area contributed by atoms with Gasteiger partial charge in [-0.3, -0.25) is 4.79 Å². The van der Waals surface area contributed by atoms with Crippen molar-refractivity contribution < 1.29 is 19.4 Å². The van der Waals surface area contributed by atoms with Crippen LogP contribution in [0.2, 0.25) is 0 Å². The Kier molecular flexibility index (Phi) is 4.85. The Bertz CT molecular complexity index is 946. The molecule has 0 unspecified atom stereocenters. The van der Waals surface area contributed by atoms with Gasteiger partial charge < -0.3 is 14.6 Å². The van der Waals surface area contributed by atoms with E-state index in [1.807, 2.05) is 6.92 Å². The van der Waals surface area contributed by atoms with Gasteiger partial charge in [-0.05, 0) is 111 Å². The van der Waals surface area contributed by atoms with Crippen LogP contribution in [0.1, 0.15) is 113 Å². The second-order valence-corrected chi connectivity index (χ2v) is 15.3. The van der Waals surface area contributed by atoms with Crippen molar-refractivity contribution in [3.05, 3.63) is 0 Å². The number of hydrogen-bond acceptors (Lipinski definition) is 4. The van der Waals surface area contributed by atoms with Gasteiger partial charge in [0.15, 0.2) is 0 Å². The lowest BCUT2D eigenvalue weighted by molar-refractivity contribution is -0.257. The van der Waals surface area contributed by atoms with Crippen LogP contribution in [0.3, 0.4) is 0 Å². The average molecular weight is 487 g/mol. The number of hydrogen-bond donors (Lipinski definition) is 1. The first kappa shape index (κ1) is 24.7. The normalized spacial score (nSPS) is 60.6. The van der Waals surface area contributed by atoms with E-state index in [4.69, 9.17) is 9.47 Å². The van der Waals surface area contributed by atoms with E-state index in [1.165, 1.54) is 45.6 Å². The van der Waals surface area contributed by atoms with Gasteiger partial charge in [0, 0.05) is 5.41 Å². The van der Waals surface area contributed by atoms with E-state index in [2.05, 4.69) is 41.5 Å². The molecule has 4 nitrogen and oxygen atoms in total. The second kappa shape index (κ2) is 6.87. The number of methoxy groups -OCH3 is 1.